The molecule has 15 heavy (non-hydrogen) atoms. The molecule has 0 saturated heterocycles. The summed E-state index contributed by atoms with van der Waals surface area (Å²) in [5.74, 6) is 0. The molecule has 0 rings (SSSR count). The normalized spacial score (nSPS) is 17.6. The molecule has 0 aromatic rings. The summed E-state index contributed by atoms with van der Waals surface area (Å²) in [5, 5.41) is -5.20. The van der Waals surface area contributed by atoms with Crippen molar-refractivity contribution in [1.29, 1.82) is 0 Å². The van der Waals surface area contributed by atoms with Crippen LogP contribution < -0.4 is 0 Å². The molecular weight excluding hydrogens is 250 g/mol. The fourth-order valence-corrected chi connectivity index (χ4v) is 0.655. The molecule has 0 spiro atoms. The van der Waals surface area contributed by atoms with Crippen molar-refractivity contribution in [2.24, 2.45) is 0 Å². The molecule has 0 aromatic carbocycles. The van der Waals surface area contributed by atoms with Crippen LogP contribution in [-0.4, -0.2) is 24.0 Å². The highest BCUT2D eigenvalue weighted by Gasteiger charge is 2.72. The third-order valence-corrected chi connectivity index (χ3v) is 1.94. The van der Waals surface area contributed by atoms with Crippen molar-refractivity contribution in [2.45, 2.75) is 37.2 Å². The predicted molar refractivity (Wildman–Crippen MR) is 41.6 cm³/mol. The van der Waals surface area contributed by atoms with Gasteiger partial charge in [-0.15, -0.1) is 0 Å². The largest absolute Gasteiger partial charge is 0.446 e. The molecule has 0 radical (unpaired) electrons. The van der Waals surface area contributed by atoms with E-state index in [0.717, 1.165) is 0 Å². The summed E-state index contributed by atoms with van der Waals surface area (Å²) >= 11 is 4.12. The molecule has 0 bridgehead atoms. The second-order valence-corrected chi connectivity index (χ2v) is 3.31. The van der Waals surface area contributed by atoms with Crippen LogP contribution in [0.15, 0.2) is 0 Å². The van der Waals surface area contributed by atoms with Crippen LogP contribution in [0, 0.1) is 0 Å². The van der Waals surface area contributed by atoms with Gasteiger partial charge in [0.2, 0.25) is 0 Å². The van der Waals surface area contributed by atoms with Crippen molar-refractivity contribution >= 4 is 11.6 Å². The van der Waals surface area contributed by atoms with Gasteiger partial charge >= 0.3 is 17.4 Å². The minimum absolute atomic E-state index is 0.0837. The van der Waals surface area contributed by atoms with E-state index in [2.05, 4.69) is 16.3 Å². The van der Waals surface area contributed by atoms with E-state index in [9.17, 15) is 26.3 Å². The molecule has 0 heterocycles. The first-order chi connectivity index (χ1) is 6.56. The van der Waals surface area contributed by atoms with Crippen molar-refractivity contribution in [3.8, 4) is 0 Å². The van der Waals surface area contributed by atoms with Crippen LogP contribution in [-0.2, 0) is 4.74 Å². The number of rotatable bonds is 5. The highest BCUT2D eigenvalue weighted by atomic mass is 35.5. The minimum Gasteiger partial charge on any atom is -0.317 e. The number of ether oxygens (including phenoxy) is 1. The van der Waals surface area contributed by atoms with Gasteiger partial charge in [-0.25, -0.2) is 4.39 Å². The summed E-state index contributed by atoms with van der Waals surface area (Å²) < 4.78 is 76.5. The van der Waals surface area contributed by atoms with Gasteiger partial charge in [0.1, 0.15) is 0 Å². The average Bonchev–Trinajstić information content (AvgIpc) is 2.02. The number of hydrogen-bond donors (Lipinski definition) is 0. The lowest BCUT2D eigenvalue weighted by molar-refractivity contribution is -0.353. The first-order valence-electron chi connectivity index (χ1n) is 4.02. The maximum atomic E-state index is 12.6. The SMILES string of the molecule is CCCCOC(F)(F)C(F)(Cl)C(F)(F)F. The Hall–Kier alpha value is -0.170. The fraction of sp³-hybridized carbons (Fsp3) is 1.00. The molecule has 0 aromatic heterocycles. The van der Waals surface area contributed by atoms with Crippen molar-refractivity contribution in [3.63, 3.8) is 0 Å². The fourth-order valence-electron chi connectivity index (χ4n) is 0.600. The summed E-state index contributed by atoms with van der Waals surface area (Å²) in [6.07, 6.45) is -10.5. The molecular formula is C7H9ClF6O. The van der Waals surface area contributed by atoms with Gasteiger partial charge in [-0.05, 0) is 6.42 Å². The van der Waals surface area contributed by atoms with Crippen LogP contribution in [0.1, 0.15) is 19.8 Å². The van der Waals surface area contributed by atoms with Crippen LogP contribution in [0.2, 0.25) is 0 Å². The number of halogens is 7. The molecule has 1 nitrogen and oxygen atoms in total. The predicted octanol–water partition coefficient (Wildman–Crippen LogP) is 3.86. The second kappa shape index (κ2) is 4.78. The smallest absolute Gasteiger partial charge is 0.317 e. The summed E-state index contributed by atoms with van der Waals surface area (Å²) in [5.41, 5.74) is 0. The second-order valence-electron chi connectivity index (χ2n) is 2.79. The van der Waals surface area contributed by atoms with Gasteiger partial charge in [0.15, 0.2) is 0 Å². The molecule has 0 aliphatic rings. The van der Waals surface area contributed by atoms with E-state index in [1.165, 1.54) is 0 Å². The van der Waals surface area contributed by atoms with Gasteiger partial charge in [-0.1, -0.05) is 24.9 Å². The maximum absolute atomic E-state index is 12.6. The monoisotopic (exact) mass is 258 g/mol. The highest BCUT2D eigenvalue weighted by Crippen LogP contribution is 2.48. The van der Waals surface area contributed by atoms with Crippen molar-refractivity contribution in [1.82, 2.24) is 0 Å². The summed E-state index contributed by atoms with van der Waals surface area (Å²) in [7, 11) is 0. The lowest BCUT2D eigenvalue weighted by Crippen LogP contribution is -2.52. The standard InChI is InChI=1S/C7H9ClF6O/c1-2-3-4-15-7(13,14)5(8,9)6(10,11)12/h2-4H2,1H3. The van der Waals surface area contributed by atoms with E-state index >= 15 is 0 Å². The zero-order valence-electron chi connectivity index (χ0n) is 7.68. The lowest BCUT2D eigenvalue weighted by Gasteiger charge is -2.28. The van der Waals surface area contributed by atoms with Gasteiger partial charge in [-0.3, -0.25) is 0 Å². The molecule has 92 valence electrons. The first kappa shape index (κ1) is 14.8. The Kier molecular flexibility index (Phi) is 4.72. The zero-order chi connectivity index (χ0) is 12.3. The van der Waals surface area contributed by atoms with Crippen LogP contribution >= 0.6 is 11.6 Å². The first-order valence-corrected chi connectivity index (χ1v) is 4.40. The van der Waals surface area contributed by atoms with Crippen LogP contribution in [0.4, 0.5) is 26.3 Å². The zero-order valence-corrected chi connectivity index (χ0v) is 8.43. The summed E-state index contributed by atoms with van der Waals surface area (Å²) in [6.45, 7) is 0.909. The molecule has 0 saturated carbocycles. The van der Waals surface area contributed by atoms with Crippen LogP contribution in [0.25, 0.3) is 0 Å². The molecule has 0 aliphatic carbocycles. The Labute approximate surface area is 87.3 Å². The molecule has 8 heteroatoms. The van der Waals surface area contributed by atoms with E-state index in [4.69, 9.17) is 0 Å². The number of alkyl halides is 7. The van der Waals surface area contributed by atoms with E-state index < -0.39 is 24.0 Å². The Morgan fingerprint density at radius 3 is 1.87 bits per heavy atom. The lowest BCUT2D eigenvalue weighted by atomic mass is 10.3. The summed E-state index contributed by atoms with van der Waals surface area (Å²) in [6, 6.07) is 0. The Morgan fingerprint density at radius 2 is 1.53 bits per heavy atom. The minimum atomic E-state index is -5.90. The molecule has 0 aliphatic heterocycles. The van der Waals surface area contributed by atoms with E-state index in [1.54, 1.807) is 6.92 Å². The van der Waals surface area contributed by atoms with Crippen LogP contribution in [0.5, 0.6) is 0 Å². The Balaban J connectivity index is 4.56. The average molecular weight is 259 g/mol. The quantitative estimate of drug-likeness (QED) is 0.413. The van der Waals surface area contributed by atoms with Crippen molar-refractivity contribution in [2.75, 3.05) is 6.61 Å². The van der Waals surface area contributed by atoms with Crippen molar-refractivity contribution in [3.05, 3.63) is 0 Å². The molecule has 1 atom stereocenters. The Bertz CT molecular complexity index is 202. The maximum Gasteiger partial charge on any atom is 0.446 e. The summed E-state index contributed by atoms with van der Waals surface area (Å²) in [4.78, 5) is 0. The van der Waals surface area contributed by atoms with Crippen molar-refractivity contribution < 1.29 is 31.1 Å². The van der Waals surface area contributed by atoms with E-state index in [0.29, 0.717) is 6.42 Å². The van der Waals surface area contributed by atoms with E-state index in [1.807, 2.05) is 0 Å². The molecule has 1 unspecified atom stereocenters. The van der Waals surface area contributed by atoms with Gasteiger partial charge in [0, 0.05) is 0 Å². The van der Waals surface area contributed by atoms with Gasteiger partial charge in [0.05, 0.1) is 6.61 Å². The van der Waals surface area contributed by atoms with Gasteiger partial charge < -0.3 is 4.74 Å². The van der Waals surface area contributed by atoms with Crippen LogP contribution in [0.3, 0.4) is 0 Å². The molecule has 0 fully saturated rings. The topological polar surface area (TPSA) is 9.23 Å². The third kappa shape index (κ3) is 3.41. The number of hydrogen-bond acceptors (Lipinski definition) is 1. The van der Waals surface area contributed by atoms with E-state index in [-0.39, 0.29) is 6.42 Å². The number of unbranched alkanes of at least 4 members (excludes halogenated alkanes) is 1. The van der Waals surface area contributed by atoms with Gasteiger partial charge in [0.25, 0.3) is 0 Å². The van der Waals surface area contributed by atoms with Gasteiger partial charge in [-0.2, -0.15) is 22.0 Å². The highest BCUT2D eigenvalue weighted by molar-refractivity contribution is 6.24. The molecule has 0 N–H and O–H groups in total. The Morgan fingerprint density at radius 1 is 1.07 bits per heavy atom. The third-order valence-electron chi connectivity index (χ3n) is 1.50. The molecule has 0 amide bonds.